The van der Waals surface area contributed by atoms with Gasteiger partial charge in [-0.1, -0.05) is 20.8 Å². The summed E-state index contributed by atoms with van der Waals surface area (Å²) >= 11 is 0. The normalized spacial score (nSPS) is 13.1. The molecule has 0 aromatic heterocycles. The van der Waals surface area contributed by atoms with E-state index < -0.39 is 43.3 Å². The van der Waals surface area contributed by atoms with Gasteiger partial charge in [-0.25, -0.2) is 13.2 Å². The van der Waals surface area contributed by atoms with Gasteiger partial charge in [0.1, 0.15) is 6.04 Å². The van der Waals surface area contributed by atoms with E-state index in [0.717, 1.165) is 24.5 Å². The first-order valence-electron chi connectivity index (χ1n) is 7.74. The van der Waals surface area contributed by atoms with E-state index in [1.54, 1.807) is 0 Å². The van der Waals surface area contributed by atoms with Crippen LogP contribution in [-0.4, -0.2) is 42.6 Å². The van der Waals surface area contributed by atoms with E-state index in [1.807, 2.05) is 20.8 Å². The quantitative estimate of drug-likeness (QED) is 0.539. The second kappa shape index (κ2) is 7.81. The van der Waals surface area contributed by atoms with Crippen LogP contribution in [0.1, 0.15) is 44.0 Å². The molecule has 1 rings (SSSR count). The Kier molecular flexibility index (Phi) is 6.48. The lowest BCUT2D eigenvalue weighted by Gasteiger charge is -2.21. The minimum absolute atomic E-state index is 0.145. The number of nitrogens with zero attached hydrogens (tertiary/aromatic N) is 1. The lowest BCUT2D eigenvalue weighted by molar-refractivity contribution is -0.385. The molecule has 1 aromatic carbocycles. The molecule has 0 saturated carbocycles. The van der Waals surface area contributed by atoms with Gasteiger partial charge in [-0.3, -0.25) is 14.9 Å². The average molecular weight is 386 g/mol. The van der Waals surface area contributed by atoms with Gasteiger partial charge in [0.15, 0.2) is 9.84 Å². The van der Waals surface area contributed by atoms with Crippen molar-refractivity contribution in [2.45, 2.75) is 44.6 Å². The van der Waals surface area contributed by atoms with E-state index in [-0.39, 0.29) is 17.4 Å². The number of non-ortho nitro benzene ring substituents is 1. The summed E-state index contributed by atoms with van der Waals surface area (Å²) in [5.74, 6) is -2.13. The Morgan fingerprint density at radius 3 is 2.27 bits per heavy atom. The van der Waals surface area contributed by atoms with E-state index in [4.69, 9.17) is 0 Å². The lowest BCUT2D eigenvalue weighted by Crippen LogP contribution is -2.41. The average Bonchev–Trinajstić information content (AvgIpc) is 2.48. The van der Waals surface area contributed by atoms with Gasteiger partial charge >= 0.3 is 5.97 Å². The molecule has 0 aliphatic carbocycles. The fraction of sp³-hybridized carbons (Fsp3) is 0.500. The Balaban J connectivity index is 3.16. The zero-order valence-corrected chi connectivity index (χ0v) is 15.8. The number of nitro groups is 1. The molecule has 0 aliphatic heterocycles. The monoisotopic (exact) mass is 386 g/mol. The highest BCUT2D eigenvalue weighted by Crippen LogP contribution is 2.23. The molecular formula is C16H22N2O7S. The van der Waals surface area contributed by atoms with Crippen LogP contribution < -0.4 is 5.32 Å². The van der Waals surface area contributed by atoms with Crippen molar-refractivity contribution >= 4 is 27.4 Å². The maximum absolute atomic E-state index is 12.3. The van der Waals surface area contributed by atoms with Crippen molar-refractivity contribution in [3.63, 3.8) is 0 Å². The van der Waals surface area contributed by atoms with Crippen LogP contribution in [0, 0.1) is 15.5 Å². The molecule has 26 heavy (non-hydrogen) atoms. The van der Waals surface area contributed by atoms with Crippen LogP contribution in [0.5, 0.6) is 0 Å². The molecule has 0 heterocycles. The maximum Gasteiger partial charge on any atom is 0.326 e. The summed E-state index contributed by atoms with van der Waals surface area (Å²) in [4.78, 5) is 33.5. The van der Waals surface area contributed by atoms with Gasteiger partial charge in [0.25, 0.3) is 11.6 Å². The maximum atomic E-state index is 12.3. The van der Waals surface area contributed by atoms with Gasteiger partial charge < -0.3 is 10.4 Å². The van der Waals surface area contributed by atoms with Crippen LogP contribution in [0.4, 0.5) is 5.69 Å². The smallest absolute Gasteiger partial charge is 0.326 e. The molecule has 0 saturated heterocycles. The van der Waals surface area contributed by atoms with Crippen molar-refractivity contribution in [3.8, 4) is 0 Å². The number of aliphatic carboxylic acids is 1. The predicted octanol–water partition coefficient (Wildman–Crippen LogP) is 2.01. The van der Waals surface area contributed by atoms with Gasteiger partial charge in [-0.2, -0.15) is 0 Å². The van der Waals surface area contributed by atoms with Gasteiger partial charge in [0, 0.05) is 24.0 Å². The van der Waals surface area contributed by atoms with Crippen molar-refractivity contribution in [1.29, 1.82) is 0 Å². The third-order valence-corrected chi connectivity index (χ3v) is 4.67. The first-order chi connectivity index (χ1) is 11.7. The van der Waals surface area contributed by atoms with Crippen molar-refractivity contribution in [2.24, 2.45) is 5.41 Å². The summed E-state index contributed by atoms with van der Waals surface area (Å²) in [6.07, 6.45) is 1.54. The lowest BCUT2D eigenvalue weighted by atomic mass is 9.88. The van der Waals surface area contributed by atoms with Crippen LogP contribution in [0.25, 0.3) is 0 Å². The molecule has 1 aromatic rings. The van der Waals surface area contributed by atoms with Crippen molar-refractivity contribution in [2.75, 3.05) is 6.26 Å². The van der Waals surface area contributed by atoms with Crippen LogP contribution >= 0.6 is 0 Å². The van der Waals surface area contributed by atoms with Crippen LogP contribution in [0.15, 0.2) is 23.1 Å². The number of carbonyl (C=O) groups is 2. The van der Waals surface area contributed by atoms with E-state index in [1.165, 1.54) is 0 Å². The molecule has 10 heteroatoms. The van der Waals surface area contributed by atoms with Gasteiger partial charge in [0.2, 0.25) is 0 Å². The Morgan fingerprint density at radius 2 is 1.85 bits per heavy atom. The summed E-state index contributed by atoms with van der Waals surface area (Å²) in [5.41, 5.74) is -1.01. The summed E-state index contributed by atoms with van der Waals surface area (Å²) in [7, 11) is -3.79. The van der Waals surface area contributed by atoms with Crippen molar-refractivity contribution < 1.29 is 28.0 Å². The molecule has 1 atom stereocenters. The number of nitrogens with one attached hydrogen (secondary N) is 1. The molecule has 9 nitrogen and oxygen atoms in total. The number of hydrogen-bond acceptors (Lipinski definition) is 6. The first kappa shape index (κ1) is 21.6. The molecule has 0 radical (unpaired) electrons. The first-order valence-corrected chi connectivity index (χ1v) is 9.63. The molecule has 0 spiro atoms. The largest absolute Gasteiger partial charge is 0.480 e. The van der Waals surface area contributed by atoms with Gasteiger partial charge in [0.05, 0.1) is 9.82 Å². The van der Waals surface area contributed by atoms with Crippen LogP contribution in [0.3, 0.4) is 0 Å². The second-order valence-corrected chi connectivity index (χ2v) is 9.22. The molecule has 1 amide bonds. The fourth-order valence-corrected chi connectivity index (χ4v) is 2.79. The molecule has 0 bridgehead atoms. The summed E-state index contributed by atoms with van der Waals surface area (Å²) in [6.45, 7) is 5.77. The minimum Gasteiger partial charge on any atom is -0.480 e. The number of carbonyl (C=O) groups excluding carboxylic acids is 1. The third-order valence-electron chi connectivity index (χ3n) is 3.58. The predicted molar refractivity (Wildman–Crippen MR) is 93.8 cm³/mol. The zero-order chi connectivity index (χ0) is 20.3. The topological polar surface area (TPSA) is 144 Å². The number of nitro benzene ring substituents is 1. The van der Waals surface area contributed by atoms with E-state index in [0.29, 0.717) is 6.42 Å². The van der Waals surface area contributed by atoms with Crippen molar-refractivity contribution in [1.82, 2.24) is 5.32 Å². The zero-order valence-electron chi connectivity index (χ0n) is 15.0. The number of carboxylic acid groups (broad SMARTS) is 1. The Labute approximate surface area is 151 Å². The Morgan fingerprint density at radius 1 is 1.27 bits per heavy atom. The van der Waals surface area contributed by atoms with Crippen LogP contribution in [-0.2, 0) is 14.6 Å². The SMILES string of the molecule is CC(C)(C)CCC(NC(=O)c1cc([N+](=O)[O-])cc(S(C)(=O)=O)c1)C(=O)O. The van der Waals surface area contributed by atoms with Gasteiger partial charge in [-0.05, 0) is 24.3 Å². The fourth-order valence-electron chi connectivity index (χ4n) is 2.11. The molecular weight excluding hydrogens is 364 g/mol. The number of rotatable bonds is 7. The highest BCUT2D eigenvalue weighted by Gasteiger charge is 2.25. The standard InChI is InChI=1S/C16H22N2O7S/c1-16(2,3)6-5-13(15(20)21)17-14(19)10-7-11(18(22)23)9-12(8-10)26(4,24)25/h7-9,13H,5-6H2,1-4H3,(H,17,19)(H,20,21). The van der Waals surface area contributed by atoms with E-state index >= 15 is 0 Å². The number of sulfone groups is 1. The number of amides is 1. The number of benzene rings is 1. The summed E-state index contributed by atoms with van der Waals surface area (Å²) < 4.78 is 23.4. The van der Waals surface area contributed by atoms with E-state index in [2.05, 4.69) is 5.32 Å². The summed E-state index contributed by atoms with van der Waals surface area (Å²) in [6, 6.07) is 1.55. The molecule has 0 aliphatic rings. The Bertz CT molecular complexity index is 825. The third kappa shape index (κ3) is 6.43. The Hall–Kier alpha value is -2.49. The number of hydrogen-bond donors (Lipinski definition) is 2. The van der Waals surface area contributed by atoms with Crippen LogP contribution in [0.2, 0.25) is 0 Å². The molecule has 2 N–H and O–H groups in total. The minimum atomic E-state index is -3.79. The molecule has 0 fully saturated rings. The highest BCUT2D eigenvalue weighted by atomic mass is 32.2. The van der Waals surface area contributed by atoms with Gasteiger partial charge in [-0.15, -0.1) is 0 Å². The van der Waals surface area contributed by atoms with E-state index in [9.17, 15) is 33.2 Å². The summed E-state index contributed by atoms with van der Waals surface area (Å²) in [5, 5.41) is 22.6. The second-order valence-electron chi connectivity index (χ2n) is 7.21. The van der Waals surface area contributed by atoms with Crippen molar-refractivity contribution in [3.05, 3.63) is 33.9 Å². The molecule has 144 valence electrons. The molecule has 1 unspecified atom stereocenters. The number of carboxylic acids is 1. The highest BCUT2D eigenvalue weighted by molar-refractivity contribution is 7.90.